The maximum Gasteiger partial charge on any atom is 0.307 e. The Balaban J connectivity index is 1.75. The number of nitrogens with zero attached hydrogens (tertiary/aromatic N) is 3. The Kier molecular flexibility index (Phi) is 5.82. The van der Waals surface area contributed by atoms with Crippen LogP contribution in [-0.2, 0) is 21.5 Å². The molecule has 1 aliphatic rings. The summed E-state index contributed by atoms with van der Waals surface area (Å²) in [6, 6.07) is 5.87. The van der Waals surface area contributed by atoms with Gasteiger partial charge in [0.05, 0.1) is 17.3 Å². The molecule has 1 saturated heterocycles. The second-order valence-corrected chi connectivity index (χ2v) is 8.65. The van der Waals surface area contributed by atoms with E-state index in [2.05, 4.69) is 9.82 Å². The molecule has 0 spiro atoms. The number of carboxylic acid groups (broad SMARTS) is 1. The second-order valence-electron chi connectivity index (χ2n) is 6.90. The molecule has 3 rings (SSSR count). The normalized spacial score (nSPS) is 18.3. The molecule has 1 aromatic carbocycles. The van der Waals surface area contributed by atoms with E-state index in [-0.39, 0.29) is 18.9 Å². The number of piperidine rings is 1. The van der Waals surface area contributed by atoms with E-state index in [1.165, 1.54) is 16.4 Å². The summed E-state index contributed by atoms with van der Waals surface area (Å²) in [6.07, 6.45) is 0.989. The lowest BCUT2D eigenvalue weighted by atomic mass is 10.0. The number of aromatic nitrogens is 2. The summed E-state index contributed by atoms with van der Waals surface area (Å²) >= 11 is 0. The van der Waals surface area contributed by atoms with Crippen molar-refractivity contribution in [1.82, 2.24) is 18.8 Å². The number of nitrogens with one attached hydrogen (secondary N) is 1. The third-order valence-electron chi connectivity index (χ3n) is 5.02. The van der Waals surface area contributed by atoms with Gasteiger partial charge in [0, 0.05) is 30.9 Å². The van der Waals surface area contributed by atoms with Crippen molar-refractivity contribution in [3.05, 3.63) is 47.0 Å². The lowest BCUT2D eigenvalue weighted by molar-refractivity contribution is -0.142. The van der Waals surface area contributed by atoms with Crippen molar-refractivity contribution in [2.45, 2.75) is 33.2 Å². The predicted octanol–water partition coefficient (Wildman–Crippen LogP) is 1.76. The Hall–Kier alpha value is -2.30. The highest BCUT2D eigenvalue weighted by atomic mass is 32.2. The fourth-order valence-electron chi connectivity index (χ4n) is 3.38. The fraction of sp³-hybridized carbons (Fsp3) is 0.444. The van der Waals surface area contributed by atoms with Crippen molar-refractivity contribution in [1.29, 1.82) is 0 Å². The number of rotatable bonds is 6. The standard InChI is InChI=1S/C18H23FN4O4S/c1-12-17(13(2)23(21-12)16-7-5-15(19)6-8-16)10-20-28(26,27)22-9-3-4-14(11-22)18(24)25/h5-8,14,20H,3-4,9-11H2,1-2H3,(H,24,25)/t14-/m1/s1. The van der Waals surface area contributed by atoms with Gasteiger partial charge in [-0.1, -0.05) is 0 Å². The van der Waals surface area contributed by atoms with Gasteiger partial charge in [-0.15, -0.1) is 0 Å². The van der Waals surface area contributed by atoms with E-state index in [1.54, 1.807) is 23.7 Å². The number of aliphatic carboxylic acids is 1. The average molecular weight is 410 g/mol. The van der Waals surface area contributed by atoms with Crippen LogP contribution in [0.3, 0.4) is 0 Å². The zero-order valence-corrected chi connectivity index (χ0v) is 16.5. The topological polar surface area (TPSA) is 105 Å². The summed E-state index contributed by atoms with van der Waals surface area (Å²) in [5.74, 6) is -2.01. The molecule has 10 heteroatoms. The van der Waals surface area contributed by atoms with Gasteiger partial charge in [-0.3, -0.25) is 4.79 Å². The first-order valence-electron chi connectivity index (χ1n) is 8.97. The van der Waals surface area contributed by atoms with Crippen LogP contribution in [-0.4, -0.2) is 46.7 Å². The summed E-state index contributed by atoms with van der Waals surface area (Å²) < 4.78 is 43.8. The zero-order chi connectivity index (χ0) is 20.5. The number of carbonyl (C=O) groups is 1. The maximum atomic E-state index is 13.1. The molecule has 0 unspecified atom stereocenters. The van der Waals surface area contributed by atoms with E-state index < -0.39 is 22.1 Å². The Morgan fingerprint density at radius 3 is 2.64 bits per heavy atom. The van der Waals surface area contributed by atoms with Crippen LogP contribution in [0.25, 0.3) is 5.69 Å². The first-order valence-corrected chi connectivity index (χ1v) is 10.4. The van der Waals surface area contributed by atoms with Gasteiger partial charge in [0.15, 0.2) is 0 Å². The molecule has 0 aliphatic carbocycles. The molecular formula is C18H23FN4O4S. The van der Waals surface area contributed by atoms with Crippen LogP contribution in [0.15, 0.2) is 24.3 Å². The molecule has 0 saturated carbocycles. The quantitative estimate of drug-likeness (QED) is 0.755. The van der Waals surface area contributed by atoms with E-state index in [4.69, 9.17) is 5.11 Å². The summed E-state index contributed by atoms with van der Waals surface area (Å²) in [6.45, 7) is 3.89. The van der Waals surface area contributed by atoms with Crippen LogP contribution >= 0.6 is 0 Å². The van der Waals surface area contributed by atoms with E-state index in [0.29, 0.717) is 30.8 Å². The number of aryl methyl sites for hydroxylation is 1. The van der Waals surface area contributed by atoms with Crippen molar-refractivity contribution >= 4 is 16.2 Å². The monoisotopic (exact) mass is 410 g/mol. The Labute approximate surface area is 163 Å². The van der Waals surface area contributed by atoms with E-state index >= 15 is 0 Å². The molecule has 0 bridgehead atoms. The van der Waals surface area contributed by atoms with Gasteiger partial charge in [0.25, 0.3) is 10.2 Å². The van der Waals surface area contributed by atoms with Crippen molar-refractivity contribution in [3.8, 4) is 5.69 Å². The third-order valence-corrected chi connectivity index (χ3v) is 6.54. The molecule has 0 amide bonds. The maximum absolute atomic E-state index is 13.1. The van der Waals surface area contributed by atoms with Gasteiger partial charge in [-0.2, -0.15) is 22.5 Å². The number of hydrogen-bond acceptors (Lipinski definition) is 4. The van der Waals surface area contributed by atoms with Gasteiger partial charge in [0.2, 0.25) is 0 Å². The average Bonchev–Trinajstić information content (AvgIpc) is 2.94. The Morgan fingerprint density at radius 2 is 2.00 bits per heavy atom. The largest absolute Gasteiger partial charge is 0.481 e. The minimum atomic E-state index is -3.81. The molecule has 1 atom stereocenters. The van der Waals surface area contributed by atoms with Crippen LogP contribution in [0.4, 0.5) is 4.39 Å². The fourth-order valence-corrected chi connectivity index (χ4v) is 4.64. The zero-order valence-electron chi connectivity index (χ0n) is 15.7. The van der Waals surface area contributed by atoms with Gasteiger partial charge in [-0.05, 0) is 51.0 Å². The van der Waals surface area contributed by atoms with Crippen molar-refractivity contribution in [3.63, 3.8) is 0 Å². The van der Waals surface area contributed by atoms with Gasteiger partial charge >= 0.3 is 5.97 Å². The second kappa shape index (κ2) is 7.98. The number of benzene rings is 1. The first-order chi connectivity index (χ1) is 13.2. The smallest absolute Gasteiger partial charge is 0.307 e. The van der Waals surface area contributed by atoms with Crippen LogP contribution in [0.1, 0.15) is 29.8 Å². The molecular weight excluding hydrogens is 387 g/mol. The number of halogens is 1. The van der Waals surface area contributed by atoms with Gasteiger partial charge in [-0.25, -0.2) is 9.07 Å². The van der Waals surface area contributed by atoms with E-state index in [0.717, 1.165) is 11.3 Å². The van der Waals surface area contributed by atoms with Crippen LogP contribution in [0, 0.1) is 25.6 Å². The SMILES string of the molecule is Cc1nn(-c2ccc(F)cc2)c(C)c1CNS(=O)(=O)N1CCC[C@@H](C(=O)O)C1. The first kappa shape index (κ1) is 20.4. The Bertz CT molecular complexity index is 972. The minimum Gasteiger partial charge on any atom is -0.481 e. The number of carboxylic acids is 1. The molecule has 2 aromatic rings. The summed E-state index contributed by atoms with van der Waals surface area (Å²) in [5, 5.41) is 13.6. The van der Waals surface area contributed by atoms with E-state index in [9.17, 15) is 17.6 Å². The van der Waals surface area contributed by atoms with Gasteiger partial charge < -0.3 is 5.11 Å². The summed E-state index contributed by atoms with van der Waals surface area (Å²) in [7, 11) is -3.81. The molecule has 2 N–H and O–H groups in total. The molecule has 152 valence electrons. The third kappa shape index (κ3) is 4.23. The highest BCUT2D eigenvalue weighted by molar-refractivity contribution is 7.87. The van der Waals surface area contributed by atoms with E-state index in [1.807, 2.05) is 6.92 Å². The molecule has 1 fully saturated rings. The summed E-state index contributed by atoms with van der Waals surface area (Å²) in [5.41, 5.74) is 2.80. The number of hydrogen-bond donors (Lipinski definition) is 2. The minimum absolute atomic E-state index is 0.0303. The predicted molar refractivity (Wildman–Crippen MR) is 101 cm³/mol. The van der Waals surface area contributed by atoms with Crippen molar-refractivity contribution < 1.29 is 22.7 Å². The van der Waals surface area contributed by atoms with Crippen LogP contribution in [0.2, 0.25) is 0 Å². The van der Waals surface area contributed by atoms with Crippen LogP contribution < -0.4 is 4.72 Å². The molecule has 8 nitrogen and oxygen atoms in total. The summed E-state index contributed by atoms with van der Waals surface area (Å²) in [4.78, 5) is 11.2. The molecule has 1 aliphatic heterocycles. The van der Waals surface area contributed by atoms with Crippen molar-refractivity contribution in [2.24, 2.45) is 5.92 Å². The lowest BCUT2D eigenvalue weighted by Gasteiger charge is -2.29. The molecule has 1 aromatic heterocycles. The Morgan fingerprint density at radius 1 is 1.32 bits per heavy atom. The highest BCUT2D eigenvalue weighted by Gasteiger charge is 2.32. The lowest BCUT2D eigenvalue weighted by Crippen LogP contribution is -2.47. The van der Waals surface area contributed by atoms with Crippen molar-refractivity contribution in [2.75, 3.05) is 13.1 Å². The molecule has 0 radical (unpaired) electrons. The van der Waals surface area contributed by atoms with Crippen LogP contribution in [0.5, 0.6) is 0 Å². The molecule has 2 heterocycles. The molecule has 28 heavy (non-hydrogen) atoms. The van der Waals surface area contributed by atoms with Gasteiger partial charge in [0.1, 0.15) is 5.82 Å². The highest BCUT2D eigenvalue weighted by Crippen LogP contribution is 2.21.